The van der Waals surface area contributed by atoms with Crippen LogP contribution in [0.15, 0.2) is 0 Å². The zero-order chi connectivity index (χ0) is 2.99. The first-order valence-corrected chi connectivity index (χ1v) is 1.34. The fraction of sp³-hybridized carbons (Fsp3) is 0.667. The van der Waals surface area contributed by atoms with Gasteiger partial charge in [0.1, 0.15) is 0 Å². The molecule has 1 unspecified atom stereocenters. The van der Waals surface area contributed by atoms with E-state index in [9.17, 15) is 0 Å². The third-order valence-corrected chi connectivity index (χ3v) is 0.402. The molecule has 1 aliphatic heterocycles. The number of hydrogen-bond acceptors (Lipinski definition) is 1. The topological polar surface area (TPSA) is 12.5 Å². The molecule has 0 aliphatic carbocycles. The van der Waals surface area contributed by atoms with Crippen LogP contribution in [-0.2, 0) is 4.74 Å². The molecule has 0 saturated carbocycles. The molecule has 0 bridgehead atoms. The summed E-state index contributed by atoms with van der Waals surface area (Å²) in [6.07, 6.45) is 0.333. The molecular formula is C3H7OPo. The van der Waals surface area contributed by atoms with Crippen LogP contribution in [0.3, 0.4) is 0 Å². The maximum absolute atomic E-state index is 4.60. The van der Waals surface area contributed by atoms with Crippen molar-refractivity contribution in [1.82, 2.24) is 0 Å². The van der Waals surface area contributed by atoms with Crippen molar-refractivity contribution in [1.29, 1.82) is 0 Å². The van der Waals surface area contributed by atoms with Crippen molar-refractivity contribution >= 4 is 26.6 Å². The summed E-state index contributed by atoms with van der Waals surface area (Å²) in [6.45, 7) is 4.40. The van der Waals surface area contributed by atoms with E-state index in [0.29, 0.717) is 6.10 Å². The fourth-order valence-electron chi connectivity index (χ4n) is 0.0680. The SMILES string of the molecule is [CH2]C1CO1.[PoH2]. The molecular weight excluding hydrogens is 261 g/mol. The van der Waals surface area contributed by atoms with E-state index >= 15 is 0 Å². The van der Waals surface area contributed by atoms with Gasteiger partial charge in [0.05, 0.1) is 12.7 Å². The summed E-state index contributed by atoms with van der Waals surface area (Å²) in [7, 11) is 0. The standard InChI is InChI=1S/C3H5O.Po.2H/c1-3-2-4-3;;;/h3H,1-2H2;;;. The van der Waals surface area contributed by atoms with E-state index in [0.717, 1.165) is 6.61 Å². The molecule has 1 radical (unpaired) electrons. The van der Waals surface area contributed by atoms with Gasteiger partial charge < -0.3 is 4.74 Å². The van der Waals surface area contributed by atoms with Gasteiger partial charge >= 0.3 is 26.6 Å². The van der Waals surface area contributed by atoms with Gasteiger partial charge in [-0.25, -0.2) is 0 Å². The third kappa shape index (κ3) is 2.66. The Balaban J connectivity index is 0.000000160. The Morgan fingerprint density at radius 1 is 1.80 bits per heavy atom. The molecule has 1 fully saturated rings. The summed E-state index contributed by atoms with van der Waals surface area (Å²) in [5.41, 5.74) is 0. The van der Waals surface area contributed by atoms with E-state index < -0.39 is 0 Å². The molecule has 0 amide bonds. The molecule has 1 heterocycles. The van der Waals surface area contributed by atoms with E-state index in [-0.39, 0.29) is 26.6 Å². The van der Waals surface area contributed by atoms with Gasteiger partial charge in [-0.3, -0.25) is 0 Å². The second kappa shape index (κ2) is 2.11. The monoisotopic (exact) mass is 268 g/mol. The molecule has 1 nitrogen and oxygen atoms in total. The summed E-state index contributed by atoms with van der Waals surface area (Å²) in [5.74, 6) is 0. The Hall–Kier alpha value is 0.856. The van der Waals surface area contributed by atoms with Crippen molar-refractivity contribution in [2.24, 2.45) is 0 Å². The number of ether oxygens (including phenoxy) is 1. The molecule has 2 heteroatoms. The summed E-state index contributed by atoms with van der Waals surface area (Å²) in [4.78, 5) is 0. The van der Waals surface area contributed by atoms with Crippen molar-refractivity contribution in [3.05, 3.63) is 6.92 Å². The molecule has 0 aromatic heterocycles. The van der Waals surface area contributed by atoms with Crippen molar-refractivity contribution in [2.45, 2.75) is 6.10 Å². The van der Waals surface area contributed by atoms with E-state index in [2.05, 4.69) is 11.7 Å². The van der Waals surface area contributed by atoms with Crippen LogP contribution in [0.2, 0.25) is 0 Å². The first kappa shape index (κ1) is 5.86. The predicted octanol–water partition coefficient (Wildman–Crippen LogP) is -0.697. The van der Waals surface area contributed by atoms with Crippen LogP contribution in [0.25, 0.3) is 0 Å². The third-order valence-electron chi connectivity index (χ3n) is 0.402. The van der Waals surface area contributed by atoms with Gasteiger partial charge in [0.25, 0.3) is 0 Å². The number of rotatable bonds is 0. The summed E-state index contributed by atoms with van der Waals surface area (Å²) in [6, 6.07) is 0. The average Bonchev–Trinajstić information content (AvgIpc) is 1.75. The zero-order valence-corrected chi connectivity index (χ0v) is 6.79. The molecule has 1 aliphatic rings. The van der Waals surface area contributed by atoms with Gasteiger partial charge in [0.2, 0.25) is 0 Å². The van der Waals surface area contributed by atoms with Crippen molar-refractivity contribution in [2.75, 3.05) is 6.61 Å². The Morgan fingerprint density at radius 2 is 2.00 bits per heavy atom. The Labute approximate surface area is 51.2 Å². The molecule has 0 aromatic carbocycles. The molecule has 1 atom stereocenters. The minimum absolute atomic E-state index is 0. The van der Waals surface area contributed by atoms with Gasteiger partial charge in [-0.2, -0.15) is 0 Å². The van der Waals surface area contributed by atoms with Crippen LogP contribution in [-0.4, -0.2) is 39.3 Å². The van der Waals surface area contributed by atoms with Crippen molar-refractivity contribution < 1.29 is 4.74 Å². The molecule has 5 heavy (non-hydrogen) atoms. The van der Waals surface area contributed by atoms with Crippen LogP contribution in [0.1, 0.15) is 0 Å². The van der Waals surface area contributed by atoms with E-state index in [4.69, 9.17) is 0 Å². The Morgan fingerprint density at radius 3 is 2.00 bits per heavy atom. The quantitative estimate of drug-likeness (QED) is 0.529. The van der Waals surface area contributed by atoms with Crippen LogP contribution >= 0.6 is 0 Å². The Bertz CT molecular complexity index is 26.1. The molecule has 1 rings (SSSR count). The van der Waals surface area contributed by atoms with Crippen LogP contribution < -0.4 is 0 Å². The first-order valence-electron chi connectivity index (χ1n) is 1.34. The number of epoxide rings is 1. The van der Waals surface area contributed by atoms with E-state index in [1.807, 2.05) is 0 Å². The van der Waals surface area contributed by atoms with Gasteiger partial charge in [-0.05, 0) is 6.92 Å². The van der Waals surface area contributed by atoms with Crippen molar-refractivity contribution in [3.8, 4) is 0 Å². The van der Waals surface area contributed by atoms with Crippen LogP contribution in [0.4, 0.5) is 0 Å². The molecule has 1 saturated heterocycles. The average molecular weight is 268 g/mol. The minimum atomic E-state index is 0. The van der Waals surface area contributed by atoms with Crippen LogP contribution in [0, 0.1) is 6.92 Å². The molecule has 0 aromatic rings. The molecule has 0 N–H and O–H groups in total. The van der Waals surface area contributed by atoms with Gasteiger partial charge in [0.15, 0.2) is 0 Å². The Kier molecular flexibility index (Phi) is 2.47. The second-order valence-corrected chi connectivity index (χ2v) is 0.955. The van der Waals surface area contributed by atoms with Crippen molar-refractivity contribution in [3.63, 3.8) is 0 Å². The number of hydrogen-bond donors (Lipinski definition) is 0. The zero-order valence-electron chi connectivity index (χ0n) is 2.90. The molecule has 0 spiro atoms. The van der Waals surface area contributed by atoms with E-state index in [1.165, 1.54) is 0 Å². The maximum atomic E-state index is 4.60. The predicted molar refractivity (Wildman–Crippen MR) is 23.6 cm³/mol. The van der Waals surface area contributed by atoms with Gasteiger partial charge in [0, 0.05) is 0 Å². The van der Waals surface area contributed by atoms with Gasteiger partial charge in [-0.15, -0.1) is 0 Å². The van der Waals surface area contributed by atoms with E-state index in [1.54, 1.807) is 0 Å². The second-order valence-electron chi connectivity index (χ2n) is 0.955. The first-order chi connectivity index (χ1) is 1.89. The normalized spacial score (nSPS) is 31.8. The molecule has 31 valence electrons. The fourth-order valence-corrected chi connectivity index (χ4v) is 0.0680. The summed E-state index contributed by atoms with van der Waals surface area (Å²) >= 11 is 0. The van der Waals surface area contributed by atoms with Crippen LogP contribution in [0.5, 0.6) is 0 Å². The summed E-state index contributed by atoms with van der Waals surface area (Å²) < 4.78 is 4.60. The van der Waals surface area contributed by atoms with Gasteiger partial charge in [-0.1, -0.05) is 0 Å². The summed E-state index contributed by atoms with van der Waals surface area (Å²) in [5, 5.41) is 0.